The average molecular weight is 300 g/mol. The van der Waals surface area contributed by atoms with Crippen molar-refractivity contribution < 1.29 is 9.18 Å². The minimum absolute atomic E-state index is 0.0583. The number of halogens is 2. The molecule has 0 amide bonds. The van der Waals surface area contributed by atoms with Crippen LogP contribution in [-0.2, 0) is 6.42 Å². The first-order valence-corrected chi connectivity index (χ1v) is 6.84. The lowest BCUT2D eigenvalue weighted by atomic mass is 10.0. The van der Waals surface area contributed by atoms with Crippen LogP contribution in [0.4, 0.5) is 4.39 Å². The van der Waals surface area contributed by atoms with E-state index in [0.717, 1.165) is 10.9 Å². The lowest BCUT2D eigenvalue weighted by molar-refractivity contribution is 0.0992. The van der Waals surface area contributed by atoms with Gasteiger partial charge in [0.25, 0.3) is 0 Å². The Labute approximate surface area is 126 Å². The van der Waals surface area contributed by atoms with E-state index in [-0.39, 0.29) is 22.8 Å². The number of hydrogen-bond acceptors (Lipinski definition) is 2. The summed E-state index contributed by atoms with van der Waals surface area (Å²) in [5.41, 5.74) is 1.57. The number of nitrogens with zero attached hydrogens (tertiary/aromatic N) is 1. The lowest BCUT2D eigenvalue weighted by Crippen LogP contribution is -2.06. The van der Waals surface area contributed by atoms with E-state index in [0.29, 0.717) is 5.56 Å². The zero-order valence-electron chi connectivity index (χ0n) is 11.0. The van der Waals surface area contributed by atoms with Crippen LogP contribution in [0.2, 0.25) is 5.02 Å². The summed E-state index contributed by atoms with van der Waals surface area (Å²) in [6, 6.07) is 13.3. The van der Waals surface area contributed by atoms with Gasteiger partial charge in [-0.25, -0.2) is 4.39 Å². The Morgan fingerprint density at radius 2 is 2.00 bits per heavy atom. The van der Waals surface area contributed by atoms with Gasteiger partial charge in [-0.15, -0.1) is 0 Å². The van der Waals surface area contributed by atoms with E-state index in [1.165, 1.54) is 12.1 Å². The van der Waals surface area contributed by atoms with Gasteiger partial charge in [-0.2, -0.15) is 0 Å². The number of carbonyl (C=O) groups is 1. The van der Waals surface area contributed by atoms with E-state index in [2.05, 4.69) is 4.98 Å². The third kappa shape index (κ3) is 2.78. The monoisotopic (exact) mass is 299 g/mol. The van der Waals surface area contributed by atoms with Crippen LogP contribution in [0.25, 0.3) is 10.9 Å². The second kappa shape index (κ2) is 5.62. The summed E-state index contributed by atoms with van der Waals surface area (Å²) in [5.74, 6) is -0.633. The topological polar surface area (TPSA) is 30.0 Å². The second-order valence-corrected chi connectivity index (χ2v) is 5.12. The van der Waals surface area contributed by atoms with Crippen LogP contribution in [0.5, 0.6) is 0 Å². The summed E-state index contributed by atoms with van der Waals surface area (Å²) in [6.07, 6.45) is 1.64. The molecule has 0 aliphatic rings. The highest BCUT2D eigenvalue weighted by Gasteiger charge is 2.14. The number of pyridine rings is 1. The Bertz CT molecular complexity index is 812. The minimum Gasteiger partial charge on any atom is -0.294 e. The number of hydrogen-bond donors (Lipinski definition) is 0. The molecule has 0 N–H and O–H groups in total. The van der Waals surface area contributed by atoms with Gasteiger partial charge in [0, 0.05) is 34.2 Å². The minimum atomic E-state index is -0.460. The van der Waals surface area contributed by atoms with Gasteiger partial charge in [0.2, 0.25) is 0 Å². The highest BCUT2D eigenvalue weighted by atomic mass is 35.5. The van der Waals surface area contributed by atoms with Gasteiger partial charge in [0.15, 0.2) is 5.78 Å². The third-order valence-corrected chi connectivity index (χ3v) is 3.68. The molecule has 4 heteroatoms. The molecule has 1 heterocycles. The Kier molecular flexibility index (Phi) is 3.67. The van der Waals surface area contributed by atoms with Gasteiger partial charge in [-0.05, 0) is 36.4 Å². The van der Waals surface area contributed by atoms with Crippen LogP contribution in [0.3, 0.4) is 0 Å². The second-order valence-electron chi connectivity index (χ2n) is 4.71. The number of fused-ring (bicyclic) bond motifs is 1. The first kappa shape index (κ1) is 13.7. The molecule has 0 aliphatic heterocycles. The Morgan fingerprint density at radius 3 is 2.81 bits per heavy atom. The van der Waals surface area contributed by atoms with Crippen molar-refractivity contribution in [3.05, 3.63) is 76.7 Å². The summed E-state index contributed by atoms with van der Waals surface area (Å²) in [7, 11) is 0. The number of rotatable bonds is 3. The predicted molar refractivity (Wildman–Crippen MR) is 81.2 cm³/mol. The van der Waals surface area contributed by atoms with Crippen LogP contribution < -0.4 is 0 Å². The fraction of sp³-hybridized carbons (Fsp3) is 0.0588. The van der Waals surface area contributed by atoms with Crippen molar-refractivity contribution in [2.45, 2.75) is 6.42 Å². The SMILES string of the molecule is O=C(Cc1c(F)cccc1Cl)c1ccc2ncccc2c1. The smallest absolute Gasteiger partial charge is 0.167 e. The van der Waals surface area contributed by atoms with Gasteiger partial charge in [-0.3, -0.25) is 9.78 Å². The molecule has 0 atom stereocenters. The summed E-state index contributed by atoms with van der Waals surface area (Å²) in [6.45, 7) is 0. The van der Waals surface area contributed by atoms with E-state index in [1.54, 1.807) is 30.5 Å². The molecule has 0 unspecified atom stereocenters. The summed E-state index contributed by atoms with van der Waals surface area (Å²) in [5, 5.41) is 1.15. The predicted octanol–water partition coefficient (Wildman–Crippen LogP) is 4.45. The first-order chi connectivity index (χ1) is 10.1. The van der Waals surface area contributed by atoms with Crippen molar-refractivity contribution >= 4 is 28.3 Å². The Hall–Kier alpha value is -2.26. The summed E-state index contributed by atoms with van der Waals surface area (Å²) < 4.78 is 13.7. The van der Waals surface area contributed by atoms with Crippen LogP contribution in [0.1, 0.15) is 15.9 Å². The summed E-state index contributed by atoms with van der Waals surface area (Å²) in [4.78, 5) is 16.5. The van der Waals surface area contributed by atoms with Gasteiger partial charge >= 0.3 is 0 Å². The molecule has 3 aromatic rings. The maximum absolute atomic E-state index is 13.7. The van der Waals surface area contributed by atoms with Gasteiger partial charge in [0.1, 0.15) is 5.82 Å². The van der Waals surface area contributed by atoms with E-state index in [9.17, 15) is 9.18 Å². The van der Waals surface area contributed by atoms with Crippen molar-refractivity contribution in [2.75, 3.05) is 0 Å². The van der Waals surface area contributed by atoms with Gasteiger partial charge < -0.3 is 0 Å². The largest absolute Gasteiger partial charge is 0.294 e. The van der Waals surface area contributed by atoms with Crippen molar-refractivity contribution in [2.24, 2.45) is 0 Å². The molecule has 0 spiro atoms. The van der Waals surface area contributed by atoms with Crippen molar-refractivity contribution in [3.8, 4) is 0 Å². The van der Waals surface area contributed by atoms with E-state index in [1.807, 2.05) is 12.1 Å². The zero-order valence-corrected chi connectivity index (χ0v) is 11.8. The molecule has 3 rings (SSSR count). The van der Waals surface area contributed by atoms with Gasteiger partial charge in [0.05, 0.1) is 5.52 Å². The number of Topliss-reactive ketones (excluding diaryl/α,β-unsaturated/α-hetero) is 1. The maximum atomic E-state index is 13.7. The lowest BCUT2D eigenvalue weighted by Gasteiger charge is -2.06. The molecule has 2 aromatic carbocycles. The molecule has 0 radical (unpaired) electrons. The highest BCUT2D eigenvalue weighted by molar-refractivity contribution is 6.31. The molecule has 1 aromatic heterocycles. The first-order valence-electron chi connectivity index (χ1n) is 6.46. The van der Waals surface area contributed by atoms with E-state index in [4.69, 9.17) is 11.6 Å². The van der Waals surface area contributed by atoms with Crippen LogP contribution in [0.15, 0.2) is 54.7 Å². The normalized spacial score (nSPS) is 10.8. The van der Waals surface area contributed by atoms with Gasteiger partial charge in [-0.1, -0.05) is 23.7 Å². The molecular weight excluding hydrogens is 289 g/mol. The van der Waals surface area contributed by atoms with E-state index < -0.39 is 5.82 Å². The molecule has 2 nitrogen and oxygen atoms in total. The summed E-state index contributed by atoms with van der Waals surface area (Å²) >= 11 is 5.95. The zero-order chi connectivity index (χ0) is 14.8. The number of aromatic nitrogens is 1. The molecule has 0 fully saturated rings. The quantitative estimate of drug-likeness (QED) is 0.669. The Morgan fingerprint density at radius 1 is 1.14 bits per heavy atom. The average Bonchev–Trinajstić information content (AvgIpc) is 2.50. The molecule has 0 saturated heterocycles. The van der Waals surface area contributed by atoms with Crippen molar-refractivity contribution in [1.82, 2.24) is 4.98 Å². The standard InChI is InChI=1S/C17H11ClFNO/c18-14-4-1-5-15(19)13(14)10-17(21)12-6-7-16-11(9-12)3-2-8-20-16/h1-9H,10H2. The molecule has 0 aliphatic carbocycles. The number of benzene rings is 2. The Balaban J connectivity index is 1.94. The number of carbonyl (C=O) groups excluding carboxylic acids is 1. The maximum Gasteiger partial charge on any atom is 0.167 e. The molecule has 0 bridgehead atoms. The number of ketones is 1. The fourth-order valence-corrected chi connectivity index (χ4v) is 2.44. The molecule has 0 saturated carbocycles. The fourth-order valence-electron chi connectivity index (χ4n) is 2.21. The van der Waals surface area contributed by atoms with Crippen molar-refractivity contribution in [1.29, 1.82) is 0 Å². The van der Waals surface area contributed by atoms with E-state index >= 15 is 0 Å². The van der Waals surface area contributed by atoms with Crippen LogP contribution in [-0.4, -0.2) is 10.8 Å². The molecule has 104 valence electrons. The molecular formula is C17H11ClFNO. The van der Waals surface area contributed by atoms with Crippen LogP contribution >= 0.6 is 11.6 Å². The van der Waals surface area contributed by atoms with Crippen molar-refractivity contribution in [3.63, 3.8) is 0 Å². The third-order valence-electron chi connectivity index (χ3n) is 3.32. The highest BCUT2D eigenvalue weighted by Crippen LogP contribution is 2.22. The molecule has 21 heavy (non-hydrogen) atoms. The van der Waals surface area contributed by atoms with Crippen LogP contribution in [0, 0.1) is 5.82 Å².